The first-order valence-corrected chi connectivity index (χ1v) is 9.62. The monoisotopic (exact) mass is 389 g/mol. The van der Waals surface area contributed by atoms with Gasteiger partial charge >= 0.3 is 0 Å². The SMILES string of the molecule is Clc1ccc(OCc2nnc(SCc3nc4ccccc4s3)o2)cc1. The third-order valence-corrected chi connectivity index (χ3v) is 5.58. The molecule has 2 heterocycles. The van der Waals surface area contributed by atoms with E-state index in [2.05, 4.69) is 21.2 Å². The molecule has 4 aromatic rings. The van der Waals surface area contributed by atoms with Gasteiger partial charge in [0.1, 0.15) is 10.8 Å². The summed E-state index contributed by atoms with van der Waals surface area (Å²) in [6.07, 6.45) is 0. The van der Waals surface area contributed by atoms with Crippen LogP contribution in [0.5, 0.6) is 5.75 Å². The van der Waals surface area contributed by atoms with E-state index in [0.717, 1.165) is 10.5 Å². The molecule has 8 heteroatoms. The molecule has 0 aliphatic carbocycles. The summed E-state index contributed by atoms with van der Waals surface area (Å²) in [5.74, 6) is 1.83. The Bertz CT molecular complexity index is 952. The van der Waals surface area contributed by atoms with Crippen LogP contribution in [0.15, 0.2) is 58.2 Å². The Hall–Kier alpha value is -2.09. The third-order valence-electron chi connectivity index (χ3n) is 3.28. The van der Waals surface area contributed by atoms with Crippen LogP contribution in [0.2, 0.25) is 5.02 Å². The van der Waals surface area contributed by atoms with E-state index in [1.807, 2.05) is 18.2 Å². The van der Waals surface area contributed by atoms with Gasteiger partial charge in [0.2, 0.25) is 0 Å². The average molecular weight is 390 g/mol. The smallest absolute Gasteiger partial charge is 0.277 e. The Labute approximate surface area is 157 Å². The van der Waals surface area contributed by atoms with Crippen molar-refractivity contribution in [3.05, 3.63) is 64.5 Å². The Balaban J connectivity index is 1.33. The second-order valence-corrected chi connectivity index (χ2v) is 7.55. The molecule has 2 aromatic heterocycles. The number of ether oxygens (including phenoxy) is 1. The van der Waals surface area contributed by atoms with Gasteiger partial charge in [0.25, 0.3) is 11.1 Å². The number of nitrogens with zero attached hydrogens (tertiary/aromatic N) is 3. The van der Waals surface area contributed by atoms with Crippen LogP contribution < -0.4 is 4.74 Å². The summed E-state index contributed by atoms with van der Waals surface area (Å²) in [6.45, 7) is 0.219. The lowest BCUT2D eigenvalue weighted by atomic mass is 10.3. The highest BCUT2D eigenvalue weighted by atomic mass is 35.5. The van der Waals surface area contributed by atoms with Crippen molar-refractivity contribution in [1.29, 1.82) is 0 Å². The third kappa shape index (κ3) is 4.12. The van der Waals surface area contributed by atoms with Crippen LogP contribution in [-0.2, 0) is 12.4 Å². The topological polar surface area (TPSA) is 61.0 Å². The van der Waals surface area contributed by atoms with Crippen molar-refractivity contribution >= 4 is 44.9 Å². The molecule has 4 rings (SSSR count). The number of halogens is 1. The van der Waals surface area contributed by atoms with E-state index in [0.29, 0.717) is 27.6 Å². The number of thioether (sulfide) groups is 1. The molecule has 0 N–H and O–H groups in total. The van der Waals surface area contributed by atoms with Crippen molar-refractivity contribution in [1.82, 2.24) is 15.2 Å². The van der Waals surface area contributed by atoms with Crippen molar-refractivity contribution in [3.8, 4) is 5.75 Å². The Morgan fingerprint density at radius 3 is 2.76 bits per heavy atom. The molecule has 2 aromatic carbocycles. The van der Waals surface area contributed by atoms with Crippen molar-refractivity contribution in [2.45, 2.75) is 17.6 Å². The van der Waals surface area contributed by atoms with Gasteiger partial charge in [-0.1, -0.05) is 35.5 Å². The first-order valence-electron chi connectivity index (χ1n) is 7.44. The zero-order valence-corrected chi connectivity index (χ0v) is 15.3. The highest BCUT2D eigenvalue weighted by Gasteiger charge is 2.10. The van der Waals surface area contributed by atoms with Crippen LogP contribution in [0.3, 0.4) is 0 Å². The Kier molecular flexibility index (Phi) is 4.87. The van der Waals surface area contributed by atoms with E-state index < -0.39 is 0 Å². The second kappa shape index (κ2) is 7.43. The molecule has 0 aliphatic heterocycles. The van der Waals surface area contributed by atoms with Crippen LogP contribution in [0.25, 0.3) is 10.2 Å². The molecular formula is C17H12ClN3O2S2. The van der Waals surface area contributed by atoms with E-state index in [9.17, 15) is 0 Å². The standard InChI is InChI=1S/C17H12ClN3O2S2/c18-11-5-7-12(8-6-11)22-9-15-20-21-17(23-15)24-10-16-19-13-3-1-2-4-14(13)25-16/h1-8H,9-10H2. The highest BCUT2D eigenvalue weighted by molar-refractivity contribution is 7.98. The molecule has 0 unspecified atom stereocenters. The normalized spacial score (nSPS) is 11.1. The molecule has 0 saturated heterocycles. The molecule has 0 saturated carbocycles. The van der Waals surface area contributed by atoms with Crippen LogP contribution in [0, 0.1) is 0 Å². The highest BCUT2D eigenvalue weighted by Crippen LogP contribution is 2.28. The van der Waals surface area contributed by atoms with E-state index in [-0.39, 0.29) is 6.61 Å². The van der Waals surface area contributed by atoms with Crippen LogP contribution in [-0.4, -0.2) is 15.2 Å². The van der Waals surface area contributed by atoms with E-state index in [4.69, 9.17) is 20.8 Å². The first kappa shape index (κ1) is 16.4. The average Bonchev–Trinajstić information content (AvgIpc) is 3.25. The maximum Gasteiger partial charge on any atom is 0.277 e. The van der Waals surface area contributed by atoms with Crippen LogP contribution in [0.1, 0.15) is 10.9 Å². The molecular weight excluding hydrogens is 378 g/mol. The zero-order valence-electron chi connectivity index (χ0n) is 12.9. The molecule has 0 bridgehead atoms. The van der Waals surface area contributed by atoms with Gasteiger partial charge in [-0.3, -0.25) is 0 Å². The minimum absolute atomic E-state index is 0.219. The number of thiazole rings is 1. The van der Waals surface area contributed by atoms with E-state index in [1.165, 1.54) is 16.5 Å². The number of aromatic nitrogens is 3. The Morgan fingerprint density at radius 1 is 1.08 bits per heavy atom. The fourth-order valence-electron chi connectivity index (χ4n) is 2.14. The number of benzene rings is 2. The van der Waals surface area contributed by atoms with Crippen molar-refractivity contribution in [2.24, 2.45) is 0 Å². The summed E-state index contributed by atoms with van der Waals surface area (Å²) in [7, 11) is 0. The zero-order chi connectivity index (χ0) is 17.1. The summed E-state index contributed by atoms with van der Waals surface area (Å²) < 4.78 is 12.4. The number of fused-ring (bicyclic) bond motifs is 1. The van der Waals surface area contributed by atoms with Gasteiger partial charge in [-0.15, -0.1) is 21.5 Å². The summed E-state index contributed by atoms with van der Waals surface area (Å²) in [4.78, 5) is 4.59. The minimum Gasteiger partial charge on any atom is -0.484 e. The number of hydrogen-bond acceptors (Lipinski definition) is 7. The fourth-order valence-corrected chi connectivity index (χ4v) is 4.00. The molecule has 0 atom stereocenters. The molecule has 0 aliphatic rings. The molecule has 5 nitrogen and oxygen atoms in total. The molecule has 0 fully saturated rings. The van der Waals surface area contributed by atoms with Crippen molar-refractivity contribution in [3.63, 3.8) is 0 Å². The Morgan fingerprint density at radius 2 is 1.92 bits per heavy atom. The predicted molar refractivity (Wildman–Crippen MR) is 99.3 cm³/mol. The van der Waals surface area contributed by atoms with Gasteiger partial charge in [0, 0.05) is 5.02 Å². The fraction of sp³-hybridized carbons (Fsp3) is 0.118. The summed E-state index contributed by atoms with van der Waals surface area (Å²) in [6, 6.07) is 15.2. The van der Waals surface area contributed by atoms with E-state index in [1.54, 1.807) is 35.6 Å². The van der Waals surface area contributed by atoms with Gasteiger partial charge in [0.15, 0.2) is 6.61 Å². The van der Waals surface area contributed by atoms with Crippen LogP contribution >= 0.6 is 34.7 Å². The molecule has 0 spiro atoms. The van der Waals surface area contributed by atoms with E-state index >= 15 is 0 Å². The lowest BCUT2D eigenvalue weighted by Gasteiger charge is -2.02. The number of rotatable bonds is 6. The largest absolute Gasteiger partial charge is 0.484 e. The number of hydrogen-bond donors (Lipinski definition) is 0. The quantitative estimate of drug-likeness (QED) is 0.422. The molecule has 0 amide bonds. The molecule has 25 heavy (non-hydrogen) atoms. The first-order chi connectivity index (χ1) is 12.3. The summed E-state index contributed by atoms with van der Waals surface area (Å²) in [5, 5.41) is 10.2. The van der Waals surface area contributed by atoms with Gasteiger partial charge in [0.05, 0.1) is 16.0 Å². The molecule has 126 valence electrons. The van der Waals surface area contributed by atoms with Crippen LogP contribution in [0.4, 0.5) is 0 Å². The molecule has 0 radical (unpaired) electrons. The number of para-hydroxylation sites is 1. The van der Waals surface area contributed by atoms with Gasteiger partial charge in [-0.05, 0) is 36.4 Å². The summed E-state index contributed by atoms with van der Waals surface area (Å²) in [5.41, 5.74) is 1.02. The van der Waals surface area contributed by atoms with Crippen molar-refractivity contribution < 1.29 is 9.15 Å². The maximum absolute atomic E-state index is 5.84. The van der Waals surface area contributed by atoms with Crippen molar-refractivity contribution in [2.75, 3.05) is 0 Å². The second-order valence-electron chi connectivity index (χ2n) is 5.07. The lowest BCUT2D eigenvalue weighted by molar-refractivity contribution is 0.252. The lowest BCUT2D eigenvalue weighted by Crippen LogP contribution is -1.95. The summed E-state index contributed by atoms with van der Waals surface area (Å²) >= 11 is 8.98. The van der Waals surface area contributed by atoms with Gasteiger partial charge in [-0.2, -0.15) is 0 Å². The van der Waals surface area contributed by atoms with Gasteiger partial charge < -0.3 is 9.15 Å². The minimum atomic E-state index is 0.219. The van der Waals surface area contributed by atoms with Gasteiger partial charge in [-0.25, -0.2) is 4.98 Å². The predicted octanol–water partition coefficient (Wildman–Crippen LogP) is 5.20. The maximum atomic E-state index is 5.84.